The third kappa shape index (κ3) is 4.82. The molecule has 2 aromatic carbocycles. The van der Waals surface area contributed by atoms with Crippen molar-refractivity contribution in [1.29, 1.82) is 0 Å². The number of nitrogens with zero attached hydrogens (tertiary/aromatic N) is 1. The van der Waals surface area contributed by atoms with E-state index in [-0.39, 0.29) is 22.5 Å². The number of thiocarbonyl (C=S) groups is 1. The lowest BCUT2D eigenvalue weighted by molar-refractivity contribution is 0.480. The van der Waals surface area contributed by atoms with Gasteiger partial charge >= 0.3 is 0 Å². The molecule has 0 unspecified atom stereocenters. The molecule has 26 heavy (non-hydrogen) atoms. The Labute approximate surface area is 155 Å². The number of anilines is 1. The summed E-state index contributed by atoms with van der Waals surface area (Å²) < 4.78 is 64.7. The van der Waals surface area contributed by atoms with E-state index in [0.717, 1.165) is 12.1 Å². The minimum Gasteiger partial charge on any atom is -0.399 e. The van der Waals surface area contributed by atoms with Crippen molar-refractivity contribution in [3.8, 4) is 0 Å². The summed E-state index contributed by atoms with van der Waals surface area (Å²) in [5.74, 6) is 0. The second kappa shape index (κ2) is 7.46. The average Bonchev–Trinajstić information content (AvgIpc) is 2.53. The van der Waals surface area contributed by atoms with Crippen LogP contribution in [0.5, 0.6) is 0 Å². The highest BCUT2D eigenvalue weighted by Crippen LogP contribution is 2.26. The van der Waals surface area contributed by atoms with E-state index in [0.29, 0.717) is 0 Å². The Morgan fingerprint density at radius 1 is 0.923 bits per heavy atom. The first kappa shape index (κ1) is 19.9. The van der Waals surface area contributed by atoms with Crippen LogP contribution in [0.15, 0.2) is 51.2 Å². The Morgan fingerprint density at radius 3 is 1.92 bits per heavy atom. The lowest BCUT2D eigenvalue weighted by Gasteiger charge is -2.06. The summed E-state index contributed by atoms with van der Waals surface area (Å²) in [5, 5.41) is 2.08. The second-order valence-electron chi connectivity index (χ2n) is 5.01. The van der Waals surface area contributed by atoms with E-state index in [9.17, 15) is 25.9 Å². The fourth-order valence-corrected chi connectivity index (χ4v) is 3.63. The lowest BCUT2D eigenvalue weighted by atomic mass is 10.1. The van der Waals surface area contributed by atoms with E-state index in [2.05, 4.69) is 22.4 Å². The molecule has 0 amide bonds. The van der Waals surface area contributed by atoms with Gasteiger partial charge in [-0.1, -0.05) is 24.3 Å². The number of aliphatic imine (C=N–C) groups is 1. The van der Waals surface area contributed by atoms with Gasteiger partial charge in [-0.3, -0.25) is 9.11 Å². The van der Waals surface area contributed by atoms with Crippen LogP contribution in [0, 0.1) is 0 Å². The third-order valence-corrected chi connectivity index (χ3v) is 5.12. The minimum atomic E-state index is -4.58. The summed E-state index contributed by atoms with van der Waals surface area (Å²) in [4.78, 5) is 2.74. The molecule has 0 atom stereocenters. The van der Waals surface area contributed by atoms with Gasteiger partial charge in [0.2, 0.25) is 0 Å². The van der Waals surface area contributed by atoms with E-state index < -0.39 is 30.0 Å². The predicted octanol–water partition coefficient (Wildman–Crippen LogP) is 2.67. The average molecular weight is 412 g/mol. The molecule has 2 rings (SSSR count). The van der Waals surface area contributed by atoms with Crippen LogP contribution in [0.25, 0.3) is 12.2 Å². The predicted molar refractivity (Wildman–Crippen MR) is 101 cm³/mol. The van der Waals surface area contributed by atoms with E-state index >= 15 is 0 Å². The molecule has 8 nitrogen and oxygen atoms in total. The standard InChI is InChI=1S/C15H12N2O6S3/c16-12-5-3-10(14(7-12)25(18,19)20)1-2-11-4-6-13(17-9-24)8-15(11)26(21,22)23/h1-8H,16H2,(H,18,19,20)(H,21,22,23)/b2-1+. The number of hydrogen-bond acceptors (Lipinski definition) is 7. The summed E-state index contributed by atoms with van der Waals surface area (Å²) in [6.07, 6.45) is 2.52. The smallest absolute Gasteiger partial charge is 0.295 e. The van der Waals surface area contributed by atoms with Gasteiger partial charge in [0, 0.05) is 5.69 Å². The van der Waals surface area contributed by atoms with Crippen LogP contribution in [-0.4, -0.2) is 31.1 Å². The number of benzene rings is 2. The van der Waals surface area contributed by atoms with Gasteiger partial charge in [0.1, 0.15) is 9.79 Å². The first-order chi connectivity index (χ1) is 12.0. The van der Waals surface area contributed by atoms with Crippen LogP contribution in [0.2, 0.25) is 0 Å². The first-order valence-electron chi connectivity index (χ1n) is 6.77. The van der Waals surface area contributed by atoms with Gasteiger partial charge in [-0.2, -0.15) is 21.8 Å². The Morgan fingerprint density at radius 2 is 1.42 bits per heavy atom. The molecule has 0 aliphatic rings. The van der Waals surface area contributed by atoms with Crippen molar-refractivity contribution < 1.29 is 25.9 Å². The summed E-state index contributed by atoms with van der Waals surface area (Å²) in [6.45, 7) is 0. The van der Waals surface area contributed by atoms with Crippen LogP contribution in [0.1, 0.15) is 11.1 Å². The maximum atomic E-state index is 11.6. The van der Waals surface area contributed by atoms with Crippen LogP contribution in [0.3, 0.4) is 0 Å². The van der Waals surface area contributed by atoms with Crippen LogP contribution in [0.4, 0.5) is 11.4 Å². The van der Waals surface area contributed by atoms with Gasteiger partial charge in [0.15, 0.2) is 0 Å². The Hall–Kier alpha value is -2.40. The van der Waals surface area contributed by atoms with Crippen molar-refractivity contribution in [1.82, 2.24) is 0 Å². The van der Waals surface area contributed by atoms with Gasteiger partial charge in [0.25, 0.3) is 20.2 Å². The topological polar surface area (TPSA) is 147 Å². The fraction of sp³-hybridized carbons (Fsp3) is 0. The maximum absolute atomic E-state index is 11.6. The molecule has 0 aromatic heterocycles. The molecule has 0 spiro atoms. The molecule has 0 saturated carbocycles. The monoisotopic (exact) mass is 412 g/mol. The number of rotatable bonds is 5. The normalized spacial score (nSPS) is 12.1. The molecular weight excluding hydrogens is 400 g/mol. The molecule has 0 aliphatic carbocycles. The second-order valence-corrected chi connectivity index (χ2v) is 7.97. The quantitative estimate of drug-likeness (QED) is 0.223. The van der Waals surface area contributed by atoms with E-state index in [4.69, 9.17) is 5.73 Å². The molecule has 0 saturated heterocycles. The van der Waals surface area contributed by atoms with Crippen molar-refractivity contribution in [3.63, 3.8) is 0 Å². The summed E-state index contributed by atoms with van der Waals surface area (Å²) in [6, 6.07) is 7.68. The number of isothiocyanates is 1. The van der Waals surface area contributed by atoms with Crippen molar-refractivity contribution in [2.45, 2.75) is 9.79 Å². The Bertz CT molecular complexity index is 1150. The third-order valence-electron chi connectivity index (χ3n) is 3.21. The zero-order valence-electron chi connectivity index (χ0n) is 12.9. The van der Waals surface area contributed by atoms with Crippen molar-refractivity contribution >= 4 is 61.1 Å². The van der Waals surface area contributed by atoms with Crippen LogP contribution in [-0.2, 0) is 20.2 Å². The van der Waals surface area contributed by atoms with Crippen molar-refractivity contribution in [2.24, 2.45) is 4.99 Å². The maximum Gasteiger partial charge on any atom is 0.295 e. The largest absolute Gasteiger partial charge is 0.399 e. The molecular formula is C15H12N2O6S3. The van der Waals surface area contributed by atoms with E-state index in [1.54, 1.807) is 0 Å². The molecule has 4 N–H and O–H groups in total. The van der Waals surface area contributed by atoms with Gasteiger partial charge in [-0.25, -0.2) is 0 Å². The van der Waals surface area contributed by atoms with Gasteiger partial charge in [-0.05, 0) is 47.6 Å². The molecule has 0 aliphatic heterocycles. The van der Waals surface area contributed by atoms with Crippen molar-refractivity contribution in [2.75, 3.05) is 5.73 Å². The minimum absolute atomic E-state index is 0.0638. The Kier molecular flexibility index (Phi) is 5.71. The fourth-order valence-electron chi connectivity index (χ4n) is 2.10. The highest BCUT2D eigenvalue weighted by molar-refractivity contribution is 7.86. The van der Waals surface area contributed by atoms with E-state index in [1.807, 2.05) is 0 Å². The summed E-state index contributed by atoms with van der Waals surface area (Å²) in [5.41, 5.74) is 5.94. The Balaban J connectivity index is 2.61. The highest BCUT2D eigenvalue weighted by atomic mass is 32.2. The molecule has 11 heteroatoms. The van der Waals surface area contributed by atoms with Crippen LogP contribution < -0.4 is 5.73 Å². The number of nitrogen functional groups attached to an aromatic ring is 1. The first-order valence-corrected chi connectivity index (χ1v) is 10.1. The molecule has 136 valence electrons. The summed E-state index contributed by atoms with van der Waals surface area (Å²) >= 11 is 4.44. The number of hydrogen-bond donors (Lipinski definition) is 3. The van der Waals surface area contributed by atoms with Crippen molar-refractivity contribution in [3.05, 3.63) is 47.5 Å². The van der Waals surface area contributed by atoms with Gasteiger partial charge < -0.3 is 5.73 Å². The molecule has 0 bridgehead atoms. The molecule has 0 radical (unpaired) electrons. The van der Waals surface area contributed by atoms with E-state index in [1.165, 1.54) is 36.4 Å². The molecule has 0 heterocycles. The molecule has 0 fully saturated rings. The van der Waals surface area contributed by atoms with Gasteiger partial charge in [-0.15, -0.1) is 0 Å². The summed E-state index contributed by atoms with van der Waals surface area (Å²) in [7, 11) is -9.13. The zero-order chi connectivity index (χ0) is 19.5. The molecule has 2 aromatic rings. The number of nitrogens with two attached hydrogens (primary N) is 1. The van der Waals surface area contributed by atoms with Gasteiger partial charge in [0.05, 0.1) is 10.8 Å². The lowest BCUT2D eigenvalue weighted by Crippen LogP contribution is -2.02. The van der Waals surface area contributed by atoms with Crippen LogP contribution >= 0.6 is 12.2 Å². The highest BCUT2D eigenvalue weighted by Gasteiger charge is 2.17. The zero-order valence-corrected chi connectivity index (χ0v) is 15.3. The SMILES string of the molecule is Nc1ccc(/C=C/c2ccc(N=C=S)cc2S(=O)(=O)O)c(S(=O)(=O)O)c1.